The molecule has 0 aliphatic carbocycles. The van der Waals surface area contributed by atoms with Gasteiger partial charge >= 0.3 is 0 Å². The number of nitro benzene ring substituents is 1. The fraction of sp³-hybridized carbons (Fsp3) is 0.571. The molecule has 0 aromatic heterocycles. The van der Waals surface area contributed by atoms with Crippen LogP contribution in [0.2, 0.25) is 18.1 Å². The van der Waals surface area contributed by atoms with Crippen molar-refractivity contribution in [3.05, 3.63) is 38.3 Å². The molecule has 0 saturated heterocycles. The maximum Gasteiger partial charge on any atom is 0.272 e. The Morgan fingerprint density at radius 1 is 1.35 bits per heavy atom. The maximum atomic E-state index is 11.0. The molecule has 1 aromatic rings. The van der Waals surface area contributed by atoms with Crippen molar-refractivity contribution in [1.29, 1.82) is 0 Å². The lowest BCUT2D eigenvalue weighted by Gasteiger charge is -2.36. The lowest BCUT2D eigenvalue weighted by molar-refractivity contribution is -0.385. The second kappa shape index (κ2) is 6.36. The summed E-state index contributed by atoms with van der Waals surface area (Å²) in [6, 6.07) is 5.02. The Labute approximate surface area is 129 Å². The minimum absolute atomic E-state index is 0.149. The van der Waals surface area contributed by atoms with Gasteiger partial charge in [0, 0.05) is 29.1 Å². The third-order valence-corrected chi connectivity index (χ3v) is 8.91. The molecule has 0 saturated carbocycles. The van der Waals surface area contributed by atoms with Crippen molar-refractivity contribution >= 4 is 29.9 Å². The fourth-order valence-electron chi connectivity index (χ4n) is 1.57. The van der Waals surface area contributed by atoms with Crippen LogP contribution in [0.15, 0.2) is 22.7 Å². The molecule has 4 nitrogen and oxygen atoms in total. The third-order valence-electron chi connectivity index (χ3n) is 3.88. The van der Waals surface area contributed by atoms with Gasteiger partial charge < -0.3 is 4.43 Å². The Morgan fingerprint density at radius 2 is 1.95 bits per heavy atom. The number of hydrogen-bond acceptors (Lipinski definition) is 3. The number of nitro groups is 1. The van der Waals surface area contributed by atoms with Crippen LogP contribution in [0.4, 0.5) is 5.69 Å². The predicted octanol–water partition coefficient (Wildman–Crippen LogP) is 4.92. The van der Waals surface area contributed by atoms with Crippen LogP contribution < -0.4 is 0 Å². The van der Waals surface area contributed by atoms with Crippen molar-refractivity contribution in [3.63, 3.8) is 0 Å². The summed E-state index contributed by atoms with van der Waals surface area (Å²) in [4.78, 5) is 10.7. The maximum absolute atomic E-state index is 11.0. The lowest BCUT2D eigenvalue weighted by atomic mass is 10.1. The highest BCUT2D eigenvalue weighted by Crippen LogP contribution is 2.36. The first kappa shape index (κ1) is 17.3. The predicted molar refractivity (Wildman–Crippen MR) is 87.6 cm³/mol. The van der Waals surface area contributed by atoms with Crippen LogP contribution in [0.5, 0.6) is 0 Å². The standard InChI is InChI=1S/C14H22BrNO3Si/c1-14(2,3)20(4,5)19-9-8-11-10-12(15)6-7-13(11)16(17)18/h6-7,10H,8-9H2,1-5H3. The van der Waals surface area contributed by atoms with E-state index in [9.17, 15) is 10.1 Å². The van der Waals surface area contributed by atoms with Gasteiger partial charge in [-0.05, 0) is 30.3 Å². The van der Waals surface area contributed by atoms with E-state index in [4.69, 9.17) is 4.43 Å². The molecule has 0 atom stereocenters. The summed E-state index contributed by atoms with van der Waals surface area (Å²) in [7, 11) is -1.80. The summed E-state index contributed by atoms with van der Waals surface area (Å²) in [6.07, 6.45) is 0.558. The molecule has 112 valence electrons. The van der Waals surface area contributed by atoms with E-state index in [0.717, 1.165) is 4.47 Å². The average molecular weight is 360 g/mol. The van der Waals surface area contributed by atoms with Gasteiger partial charge in [-0.15, -0.1) is 0 Å². The average Bonchev–Trinajstić information content (AvgIpc) is 2.26. The zero-order chi connectivity index (χ0) is 15.6. The Kier molecular flexibility index (Phi) is 5.51. The highest BCUT2D eigenvalue weighted by atomic mass is 79.9. The van der Waals surface area contributed by atoms with Crippen LogP contribution in [-0.2, 0) is 10.8 Å². The quantitative estimate of drug-likeness (QED) is 0.425. The zero-order valence-corrected chi connectivity index (χ0v) is 15.3. The molecule has 0 N–H and O–H groups in total. The minimum Gasteiger partial charge on any atom is -0.416 e. The topological polar surface area (TPSA) is 52.4 Å². The van der Waals surface area contributed by atoms with Gasteiger partial charge in [0.15, 0.2) is 8.32 Å². The molecular weight excluding hydrogens is 338 g/mol. The first-order chi connectivity index (χ1) is 9.04. The number of halogens is 1. The third kappa shape index (κ3) is 4.39. The smallest absolute Gasteiger partial charge is 0.272 e. The molecule has 0 aliphatic heterocycles. The summed E-state index contributed by atoms with van der Waals surface area (Å²) in [5, 5.41) is 11.2. The zero-order valence-electron chi connectivity index (χ0n) is 12.7. The van der Waals surface area contributed by atoms with Gasteiger partial charge in [-0.1, -0.05) is 36.7 Å². The van der Waals surface area contributed by atoms with Gasteiger partial charge in [0.25, 0.3) is 5.69 Å². The molecule has 0 amide bonds. The Morgan fingerprint density at radius 3 is 2.45 bits per heavy atom. The molecule has 0 radical (unpaired) electrons. The molecule has 0 heterocycles. The van der Waals surface area contributed by atoms with Crippen LogP contribution in [0, 0.1) is 10.1 Å². The van der Waals surface area contributed by atoms with Gasteiger partial charge in [-0.2, -0.15) is 0 Å². The number of hydrogen-bond donors (Lipinski definition) is 0. The van der Waals surface area contributed by atoms with E-state index in [2.05, 4.69) is 49.8 Å². The molecule has 0 fully saturated rings. The SMILES string of the molecule is CC(C)(C)[Si](C)(C)OCCc1cc(Br)ccc1[N+](=O)[O-]. The van der Waals surface area contributed by atoms with Crippen LogP contribution in [0.25, 0.3) is 0 Å². The van der Waals surface area contributed by atoms with Crippen molar-refractivity contribution < 1.29 is 9.35 Å². The van der Waals surface area contributed by atoms with Gasteiger partial charge in [0.05, 0.1) is 4.92 Å². The number of benzene rings is 1. The Bertz CT molecular complexity index is 498. The highest BCUT2D eigenvalue weighted by Gasteiger charge is 2.36. The number of nitrogens with zero attached hydrogens (tertiary/aromatic N) is 1. The van der Waals surface area contributed by atoms with Gasteiger partial charge in [-0.3, -0.25) is 10.1 Å². The molecule has 0 aliphatic rings. The lowest BCUT2D eigenvalue weighted by Crippen LogP contribution is -2.41. The fourth-order valence-corrected chi connectivity index (χ4v) is 3.02. The van der Waals surface area contributed by atoms with Crippen molar-refractivity contribution in [2.45, 2.75) is 45.3 Å². The Hall–Kier alpha value is -0.723. The van der Waals surface area contributed by atoms with E-state index in [0.29, 0.717) is 18.6 Å². The Balaban J connectivity index is 2.76. The highest BCUT2D eigenvalue weighted by molar-refractivity contribution is 9.10. The molecule has 1 aromatic carbocycles. The monoisotopic (exact) mass is 359 g/mol. The molecule has 0 bridgehead atoms. The summed E-state index contributed by atoms with van der Waals surface area (Å²) < 4.78 is 6.93. The van der Waals surface area contributed by atoms with Gasteiger partial charge in [0.1, 0.15) is 0 Å². The van der Waals surface area contributed by atoms with Crippen LogP contribution >= 0.6 is 15.9 Å². The van der Waals surface area contributed by atoms with Gasteiger partial charge in [-0.25, -0.2) is 0 Å². The van der Waals surface area contributed by atoms with Crippen molar-refractivity contribution in [2.24, 2.45) is 0 Å². The largest absolute Gasteiger partial charge is 0.416 e. The summed E-state index contributed by atoms with van der Waals surface area (Å²) in [5.74, 6) is 0. The van der Waals surface area contributed by atoms with E-state index in [1.165, 1.54) is 6.07 Å². The van der Waals surface area contributed by atoms with Crippen LogP contribution in [0.3, 0.4) is 0 Å². The van der Waals surface area contributed by atoms with E-state index in [1.54, 1.807) is 12.1 Å². The molecule has 6 heteroatoms. The van der Waals surface area contributed by atoms with Crippen LogP contribution in [-0.4, -0.2) is 19.8 Å². The molecule has 1 rings (SSSR count). The van der Waals surface area contributed by atoms with Crippen molar-refractivity contribution in [3.8, 4) is 0 Å². The molecule has 0 spiro atoms. The van der Waals surface area contributed by atoms with Gasteiger partial charge in [0.2, 0.25) is 0 Å². The summed E-state index contributed by atoms with van der Waals surface area (Å²) in [6.45, 7) is 11.4. The molecule has 20 heavy (non-hydrogen) atoms. The second-order valence-electron chi connectivity index (χ2n) is 6.39. The van der Waals surface area contributed by atoms with Crippen LogP contribution in [0.1, 0.15) is 26.3 Å². The first-order valence-corrected chi connectivity index (χ1v) is 10.3. The van der Waals surface area contributed by atoms with Crippen molar-refractivity contribution in [1.82, 2.24) is 0 Å². The van der Waals surface area contributed by atoms with Crippen molar-refractivity contribution in [2.75, 3.05) is 6.61 Å². The van der Waals surface area contributed by atoms with E-state index >= 15 is 0 Å². The second-order valence-corrected chi connectivity index (χ2v) is 12.1. The summed E-state index contributed by atoms with van der Waals surface area (Å²) >= 11 is 3.35. The van der Waals surface area contributed by atoms with E-state index in [1.807, 2.05) is 0 Å². The normalized spacial score (nSPS) is 12.5. The minimum atomic E-state index is -1.80. The summed E-state index contributed by atoms with van der Waals surface area (Å²) in [5.41, 5.74) is 0.870. The molecular formula is C14H22BrNO3Si. The first-order valence-electron chi connectivity index (χ1n) is 6.61. The molecule has 0 unspecified atom stereocenters. The van der Waals surface area contributed by atoms with E-state index < -0.39 is 8.32 Å². The van der Waals surface area contributed by atoms with E-state index in [-0.39, 0.29) is 15.6 Å². The number of rotatable bonds is 5.